The molecular formula is C20H23FN2O2S. The van der Waals surface area contributed by atoms with Gasteiger partial charge in [0.15, 0.2) is 0 Å². The molecule has 1 aliphatic carbocycles. The summed E-state index contributed by atoms with van der Waals surface area (Å²) in [6, 6.07) is 9.84. The number of nitrogens with one attached hydrogen (secondary N) is 2. The third-order valence-corrected chi connectivity index (χ3v) is 5.67. The van der Waals surface area contributed by atoms with Crippen molar-refractivity contribution >= 4 is 23.2 Å². The largest absolute Gasteiger partial charge is 0.351 e. The Hall–Kier alpha value is -2.21. The monoisotopic (exact) mass is 374 g/mol. The quantitative estimate of drug-likeness (QED) is 0.768. The molecule has 1 aliphatic rings. The molecule has 1 heterocycles. The van der Waals surface area contributed by atoms with E-state index >= 15 is 0 Å². The van der Waals surface area contributed by atoms with Gasteiger partial charge in [-0.2, -0.15) is 0 Å². The highest BCUT2D eigenvalue weighted by Crippen LogP contribution is 2.35. The summed E-state index contributed by atoms with van der Waals surface area (Å²) in [5.41, 5.74) is 0.939. The zero-order valence-corrected chi connectivity index (χ0v) is 15.4. The maximum Gasteiger partial charge on any atom is 0.261 e. The number of carbonyl (C=O) groups excluding carboxylic acids is 2. The fraction of sp³-hybridized carbons (Fsp3) is 0.400. The van der Waals surface area contributed by atoms with Gasteiger partial charge in [0.1, 0.15) is 5.82 Å². The molecule has 0 unspecified atom stereocenters. The van der Waals surface area contributed by atoms with E-state index in [0.29, 0.717) is 17.3 Å². The van der Waals surface area contributed by atoms with Gasteiger partial charge >= 0.3 is 0 Å². The minimum absolute atomic E-state index is 0.0985. The van der Waals surface area contributed by atoms with Gasteiger partial charge in [0.25, 0.3) is 5.91 Å². The van der Waals surface area contributed by atoms with Gasteiger partial charge in [0, 0.05) is 13.0 Å². The van der Waals surface area contributed by atoms with Crippen LogP contribution < -0.4 is 10.6 Å². The van der Waals surface area contributed by atoms with Gasteiger partial charge < -0.3 is 10.6 Å². The van der Waals surface area contributed by atoms with Crippen LogP contribution in [0, 0.1) is 11.7 Å². The van der Waals surface area contributed by atoms with E-state index in [2.05, 4.69) is 10.6 Å². The van der Waals surface area contributed by atoms with E-state index < -0.39 is 0 Å². The number of halogens is 1. The maximum atomic E-state index is 13.2. The summed E-state index contributed by atoms with van der Waals surface area (Å²) in [7, 11) is 0. The smallest absolute Gasteiger partial charge is 0.261 e. The molecule has 3 rings (SSSR count). The summed E-state index contributed by atoms with van der Waals surface area (Å²) >= 11 is 1.37. The van der Waals surface area contributed by atoms with E-state index in [1.54, 1.807) is 18.2 Å². The summed E-state index contributed by atoms with van der Waals surface area (Å²) in [6.07, 6.45) is 4.68. The third-order valence-electron chi connectivity index (χ3n) is 4.80. The van der Waals surface area contributed by atoms with Crippen LogP contribution >= 0.6 is 11.3 Å². The number of benzene rings is 1. The minimum atomic E-state index is -0.276. The van der Waals surface area contributed by atoms with Crippen molar-refractivity contribution in [2.24, 2.45) is 5.92 Å². The van der Waals surface area contributed by atoms with Gasteiger partial charge in [0.05, 0.1) is 10.9 Å². The third kappa shape index (κ3) is 4.91. The van der Waals surface area contributed by atoms with Crippen molar-refractivity contribution in [3.8, 4) is 0 Å². The van der Waals surface area contributed by atoms with Crippen molar-refractivity contribution in [3.05, 3.63) is 58.0 Å². The molecule has 138 valence electrons. The second kappa shape index (κ2) is 8.94. The lowest BCUT2D eigenvalue weighted by atomic mass is 9.91. The van der Waals surface area contributed by atoms with Crippen LogP contribution in [0.4, 0.5) is 4.39 Å². The van der Waals surface area contributed by atoms with Crippen LogP contribution in [-0.2, 0) is 4.79 Å². The fourth-order valence-corrected chi connectivity index (χ4v) is 4.10. The van der Waals surface area contributed by atoms with Crippen molar-refractivity contribution in [2.45, 2.75) is 38.1 Å². The summed E-state index contributed by atoms with van der Waals surface area (Å²) in [5, 5.41) is 7.70. The fourth-order valence-electron chi connectivity index (χ4n) is 3.46. The van der Waals surface area contributed by atoms with Crippen LogP contribution in [-0.4, -0.2) is 18.4 Å². The summed E-state index contributed by atoms with van der Waals surface area (Å²) in [5.74, 6) is -0.150. The molecule has 0 saturated heterocycles. The summed E-state index contributed by atoms with van der Waals surface area (Å²) < 4.78 is 13.2. The molecule has 2 aromatic rings. The van der Waals surface area contributed by atoms with E-state index in [0.717, 1.165) is 31.2 Å². The van der Waals surface area contributed by atoms with Gasteiger partial charge in [-0.3, -0.25) is 9.59 Å². The molecule has 4 nitrogen and oxygen atoms in total. The average molecular weight is 374 g/mol. The van der Waals surface area contributed by atoms with E-state index in [4.69, 9.17) is 0 Å². The standard InChI is InChI=1S/C20H23FN2O2S/c21-16-9-7-15(8-10-16)19(14-4-1-2-5-14)23-18(24)11-12-22-20(25)17-6-3-13-26-17/h3,6-10,13-14,19H,1-2,4-5,11-12H2,(H,22,25)(H,23,24)/t19-/m1/s1. The van der Waals surface area contributed by atoms with Crippen molar-refractivity contribution < 1.29 is 14.0 Å². The Balaban J connectivity index is 1.55. The average Bonchev–Trinajstić information content (AvgIpc) is 3.34. The predicted molar refractivity (Wildman–Crippen MR) is 101 cm³/mol. The number of carbonyl (C=O) groups is 2. The zero-order valence-electron chi connectivity index (χ0n) is 14.5. The Bertz CT molecular complexity index is 725. The number of rotatable bonds is 7. The zero-order chi connectivity index (χ0) is 18.4. The normalized spacial score (nSPS) is 15.6. The molecular weight excluding hydrogens is 351 g/mol. The maximum absolute atomic E-state index is 13.2. The molecule has 6 heteroatoms. The van der Waals surface area contributed by atoms with E-state index in [-0.39, 0.29) is 30.1 Å². The Morgan fingerprint density at radius 3 is 2.54 bits per heavy atom. The van der Waals surface area contributed by atoms with Crippen molar-refractivity contribution in [2.75, 3.05) is 6.54 Å². The summed E-state index contributed by atoms with van der Waals surface area (Å²) in [6.45, 7) is 0.295. The molecule has 1 fully saturated rings. The van der Waals surface area contributed by atoms with Crippen LogP contribution in [0.2, 0.25) is 0 Å². The number of hydrogen-bond acceptors (Lipinski definition) is 3. The topological polar surface area (TPSA) is 58.2 Å². The SMILES string of the molecule is O=C(CCNC(=O)c1cccs1)N[C@@H](c1ccc(F)cc1)C1CCCC1. The molecule has 1 saturated carbocycles. The lowest BCUT2D eigenvalue weighted by molar-refractivity contribution is -0.122. The molecule has 26 heavy (non-hydrogen) atoms. The molecule has 1 atom stereocenters. The predicted octanol–water partition coefficient (Wildman–Crippen LogP) is 4.05. The molecule has 0 aliphatic heterocycles. The first-order valence-electron chi connectivity index (χ1n) is 9.00. The van der Waals surface area contributed by atoms with Gasteiger partial charge in [-0.05, 0) is 47.9 Å². The van der Waals surface area contributed by atoms with Crippen molar-refractivity contribution in [1.82, 2.24) is 10.6 Å². The van der Waals surface area contributed by atoms with Crippen LogP contribution in [0.15, 0.2) is 41.8 Å². The van der Waals surface area contributed by atoms with Crippen LogP contribution in [0.25, 0.3) is 0 Å². The number of amides is 2. The Morgan fingerprint density at radius 1 is 1.15 bits per heavy atom. The van der Waals surface area contributed by atoms with Crippen LogP contribution in [0.1, 0.15) is 53.4 Å². The summed E-state index contributed by atoms with van der Waals surface area (Å²) in [4.78, 5) is 24.9. The second-order valence-corrected chi connectivity index (χ2v) is 7.57. The first kappa shape index (κ1) is 18.6. The van der Waals surface area contributed by atoms with E-state index in [9.17, 15) is 14.0 Å². The minimum Gasteiger partial charge on any atom is -0.351 e. The Labute approximate surface area is 156 Å². The molecule has 0 spiro atoms. The second-order valence-electron chi connectivity index (χ2n) is 6.62. The lowest BCUT2D eigenvalue weighted by Crippen LogP contribution is -2.35. The highest BCUT2D eigenvalue weighted by molar-refractivity contribution is 7.12. The molecule has 2 N–H and O–H groups in total. The van der Waals surface area contributed by atoms with Crippen LogP contribution in [0.5, 0.6) is 0 Å². The number of thiophene rings is 1. The van der Waals surface area contributed by atoms with Gasteiger partial charge in [-0.15, -0.1) is 11.3 Å². The van der Waals surface area contributed by atoms with Crippen molar-refractivity contribution in [3.63, 3.8) is 0 Å². The molecule has 1 aromatic carbocycles. The Morgan fingerprint density at radius 2 is 1.88 bits per heavy atom. The molecule has 0 bridgehead atoms. The first-order valence-corrected chi connectivity index (χ1v) is 9.88. The van der Waals surface area contributed by atoms with Gasteiger partial charge in [0.2, 0.25) is 5.91 Å². The highest BCUT2D eigenvalue weighted by atomic mass is 32.1. The van der Waals surface area contributed by atoms with Gasteiger partial charge in [-0.25, -0.2) is 4.39 Å². The molecule has 0 radical (unpaired) electrons. The first-order chi connectivity index (χ1) is 12.6. The molecule has 2 amide bonds. The van der Waals surface area contributed by atoms with Crippen molar-refractivity contribution in [1.29, 1.82) is 0 Å². The van der Waals surface area contributed by atoms with Gasteiger partial charge in [-0.1, -0.05) is 31.0 Å². The number of hydrogen-bond donors (Lipinski definition) is 2. The highest BCUT2D eigenvalue weighted by Gasteiger charge is 2.27. The van der Waals surface area contributed by atoms with E-state index in [1.165, 1.54) is 23.5 Å². The van der Waals surface area contributed by atoms with Crippen LogP contribution in [0.3, 0.4) is 0 Å². The lowest BCUT2D eigenvalue weighted by Gasteiger charge is -2.25. The molecule has 1 aromatic heterocycles. The van der Waals surface area contributed by atoms with E-state index in [1.807, 2.05) is 11.4 Å². The Kier molecular flexibility index (Phi) is 6.39.